The Kier molecular flexibility index (Phi) is 6.71. The van der Waals surface area contributed by atoms with Crippen LogP contribution in [0.15, 0.2) is 0 Å². The lowest BCUT2D eigenvalue weighted by Gasteiger charge is -2.50. The summed E-state index contributed by atoms with van der Waals surface area (Å²) in [7, 11) is 0. The topological polar surface area (TPSA) is 121 Å². The number of amides is 2. The highest BCUT2D eigenvalue weighted by atomic mass is 35.5. The molecule has 1 spiro atoms. The van der Waals surface area contributed by atoms with Gasteiger partial charge in [0.1, 0.15) is 28.1 Å². The molecule has 208 valence electrons. The van der Waals surface area contributed by atoms with Gasteiger partial charge in [-0.2, -0.15) is 5.26 Å². The lowest BCUT2D eigenvalue weighted by Crippen LogP contribution is -2.59. The second-order valence-electron chi connectivity index (χ2n) is 12.4. The van der Waals surface area contributed by atoms with Crippen molar-refractivity contribution in [3.8, 4) is 6.07 Å². The molecule has 0 saturated carbocycles. The Hall–Kier alpha value is -3.10. The monoisotopic (exact) mass is 572 g/mol. The van der Waals surface area contributed by atoms with Crippen LogP contribution in [0.5, 0.6) is 0 Å². The smallest absolute Gasteiger partial charge is 0.412 e. The Labute approximate surface area is 237 Å². The first-order valence-corrected chi connectivity index (χ1v) is 14.2. The predicted octanol–water partition coefficient (Wildman–Crippen LogP) is 5.41. The van der Waals surface area contributed by atoms with E-state index >= 15 is 0 Å². The van der Waals surface area contributed by atoms with E-state index in [9.17, 15) is 14.9 Å². The zero-order chi connectivity index (χ0) is 28.3. The van der Waals surface area contributed by atoms with Crippen LogP contribution >= 0.6 is 22.9 Å². The molecular formula is C27H33ClN6O4S. The normalized spacial score (nSPS) is 17.7. The van der Waals surface area contributed by atoms with Gasteiger partial charge in [0.25, 0.3) is 0 Å². The van der Waals surface area contributed by atoms with E-state index in [-0.39, 0.29) is 16.8 Å². The predicted molar refractivity (Wildman–Crippen MR) is 148 cm³/mol. The standard InChI is InChI=1S/C27H33ClN6O4S/c1-25(2,3)37-23(35)32-21-15(11-29)19-18(39-21)7-9-27(19)13-34(14-27)20-16-12-33(24(36)38-26(4,5)6)10-8-17(16)30-22(28)31-20/h7-10,12-14H2,1-6H3,(H,32,35). The number of thiophene rings is 1. The summed E-state index contributed by atoms with van der Waals surface area (Å²) in [6.07, 6.45) is 1.39. The molecule has 2 aromatic rings. The average molecular weight is 573 g/mol. The largest absolute Gasteiger partial charge is 0.444 e. The van der Waals surface area contributed by atoms with E-state index in [1.165, 1.54) is 11.3 Å². The third-order valence-corrected chi connectivity index (χ3v) is 8.35. The number of carbonyl (C=O) groups is 2. The van der Waals surface area contributed by atoms with Gasteiger partial charge < -0.3 is 19.3 Å². The molecule has 0 unspecified atom stereocenters. The van der Waals surface area contributed by atoms with Crippen LogP contribution in [0.1, 0.15) is 75.2 Å². The fourth-order valence-corrected chi connectivity index (χ4v) is 6.98. The number of nitriles is 1. The van der Waals surface area contributed by atoms with Gasteiger partial charge >= 0.3 is 12.2 Å². The van der Waals surface area contributed by atoms with Crippen molar-refractivity contribution in [2.24, 2.45) is 0 Å². The first kappa shape index (κ1) is 27.5. The van der Waals surface area contributed by atoms with E-state index in [0.29, 0.717) is 43.2 Å². The molecule has 4 heterocycles. The van der Waals surface area contributed by atoms with Crippen molar-refractivity contribution in [3.05, 3.63) is 32.5 Å². The maximum Gasteiger partial charge on any atom is 0.412 e. The first-order chi connectivity index (χ1) is 18.2. The molecule has 1 N–H and O–H groups in total. The van der Waals surface area contributed by atoms with Gasteiger partial charge in [-0.3, -0.25) is 5.32 Å². The molecule has 1 saturated heterocycles. The van der Waals surface area contributed by atoms with Crippen molar-refractivity contribution < 1.29 is 19.1 Å². The van der Waals surface area contributed by atoms with Crippen LogP contribution in [-0.4, -0.2) is 57.9 Å². The van der Waals surface area contributed by atoms with E-state index in [2.05, 4.69) is 26.3 Å². The third-order valence-electron chi connectivity index (χ3n) is 7.02. The van der Waals surface area contributed by atoms with Crippen LogP contribution in [0.3, 0.4) is 0 Å². The molecule has 0 aromatic carbocycles. The van der Waals surface area contributed by atoms with E-state index < -0.39 is 17.3 Å². The Balaban J connectivity index is 1.38. The number of carbonyl (C=O) groups excluding carboxylic acids is 2. The summed E-state index contributed by atoms with van der Waals surface area (Å²) < 4.78 is 11.0. The molecule has 2 amide bonds. The molecule has 2 aromatic heterocycles. The van der Waals surface area contributed by atoms with Crippen molar-refractivity contribution in [2.45, 2.75) is 84.0 Å². The van der Waals surface area contributed by atoms with Gasteiger partial charge in [0.15, 0.2) is 0 Å². The number of fused-ring (bicyclic) bond motifs is 3. The number of hydrogen-bond donors (Lipinski definition) is 1. The summed E-state index contributed by atoms with van der Waals surface area (Å²) in [5.41, 5.74) is 1.81. The fourth-order valence-electron chi connectivity index (χ4n) is 5.55. The van der Waals surface area contributed by atoms with Crippen molar-refractivity contribution >= 4 is 45.9 Å². The molecule has 1 fully saturated rings. The minimum absolute atomic E-state index is 0.180. The summed E-state index contributed by atoms with van der Waals surface area (Å²) in [4.78, 5) is 39.2. The van der Waals surface area contributed by atoms with E-state index in [1.807, 2.05) is 20.8 Å². The summed E-state index contributed by atoms with van der Waals surface area (Å²) >= 11 is 7.77. The van der Waals surface area contributed by atoms with Gasteiger partial charge in [-0.15, -0.1) is 11.3 Å². The number of nitrogens with one attached hydrogen (secondary N) is 1. The summed E-state index contributed by atoms with van der Waals surface area (Å²) in [5, 5.41) is 13.6. The molecule has 3 aliphatic rings. The highest BCUT2D eigenvalue weighted by molar-refractivity contribution is 7.16. The van der Waals surface area contributed by atoms with Crippen LogP contribution in [-0.2, 0) is 34.3 Å². The van der Waals surface area contributed by atoms with Crippen LogP contribution in [0.4, 0.5) is 20.4 Å². The SMILES string of the molecule is CC(C)(C)OC(=O)Nc1sc2c(c1C#N)C1(CC2)CN(c2nc(Cl)nc3c2CN(C(=O)OC(C)(C)C)CC3)C1. The number of halogens is 1. The number of nitrogens with zero attached hydrogens (tertiary/aromatic N) is 5. The van der Waals surface area contributed by atoms with E-state index in [0.717, 1.165) is 40.4 Å². The lowest BCUT2D eigenvalue weighted by atomic mass is 9.73. The zero-order valence-electron chi connectivity index (χ0n) is 23.1. The van der Waals surface area contributed by atoms with Crippen molar-refractivity contribution in [1.29, 1.82) is 5.26 Å². The molecule has 5 rings (SSSR count). The van der Waals surface area contributed by atoms with Crippen LogP contribution in [0, 0.1) is 11.3 Å². The quantitative estimate of drug-likeness (QED) is 0.474. The highest BCUT2D eigenvalue weighted by Crippen LogP contribution is 2.53. The zero-order valence-corrected chi connectivity index (χ0v) is 24.7. The van der Waals surface area contributed by atoms with Gasteiger partial charge in [0, 0.05) is 41.9 Å². The van der Waals surface area contributed by atoms with Crippen LogP contribution < -0.4 is 10.2 Å². The number of aromatic nitrogens is 2. The van der Waals surface area contributed by atoms with Gasteiger partial charge in [-0.25, -0.2) is 19.6 Å². The highest BCUT2D eigenvalue weighted by Gasteiger charge is 2.52. The van der Waals surface area contributed by atoms with Crippen molar-refractivity contribution in [2.75, 3.05) is 29.9 Å². The molecule has 2 aliphatic heterocycles. The molecule has 0 radical (unpaired) electrons. The van der Waals surface area contributed by atoms with Crippen LogP contribution in [0.25, 0.3) is 0 Å². The fraction of sp³-hybridized carbons (Fsp3) is 0.593. The molecule has 1 aliphatic carbocycles. The number of rotatable bonds is 2. The van der Waals surface area contributed by atoms with Crippen molar-refractivity contribution in [1.82, 2.24) is 14.9 Å². The Morgan fingerprint density at radius 1 is 1.10 bits per heavy atom. The second kappa shape index (κ2) is 9.52. The number of ether oxygens (including phenoxy) is 2. The van der Waals surface area contributed by atoms with Gasteiger partial charge in [0.2, 0.25) is 5.28 Å². The maximum absolute atomic E-state index is 12.8. The van der Waals surface area contributed by atoms with E-state index in [1.54, 1.807) is 25.7 Å². The molecule has 10 nitrogen and oxygen atoms in total. The average Bonchev–Trinajstić information content (AvgIpc) is 3.31. The molecule has 39 heavy (non-hydrogen) atoms. The van der Waals surface area contributed by atoms with Gasteiger partial charge in [0.05, 0.1) is 17.8 Å². The Bertz CT molecular complexity index is 1380. The molecule has 0 bridgehead atoms. The second-order valence-corrected chi connectivity index (χ2v) is 13.8. The van der Waals surface area contributed by atoms with Gasteiger partial charge in [-0.1, -0.05) is 0 Å². The number of anilines is 2. The Morgan fingerprint density at radius 3 is 2.44 bits per heavy atom. The minimum Gasteiger partial charge on any atom is -0.444 e. The molecular weight excluding hydrogens is 540 g/mol. The summed E-state index contributed by atoms with van der Waals surface area (Å²) in [6, 6.07) is 2.33. The minimum atomic E-state index is -0.635. The van der Waals surface area contributed by atoms with Crippen LogP contribution in [0.2, 0.25) is 5.28 Å². The summed E-state index contributed by atoms with van der Waals surface area (Å²) in [5.74, 6) is 0.721. The van der Waals surface area contributed by atoms with E-state index in [4.69, 9.17) is 21.1 Å². The lowest BCUT2D eigenvalue weighted by molar-refractivity contribution is 0.0222. The Morgan fingerprint density at radius 2 is 1.79 bits per heavy atom. The third kappa shape index (κ3) is 5.37. The number of hydrogen-bond acceptors (Lipinski definition) is 9. The maximum atomic E-state index is 12.8. The number of aryl methyl sites for hydroxylation is 1. The molecule has 12 heteroatoms. The molecule has 0 atom stereocenters. The summed E-state index contributed by atoms with van der Waals surface area (Å²) in [6.45, 7) is 13.1. The van der Waals surface area contributed by atoms with Crippen molar-refractivity contribution in [3.63, 3.8) is 0 Å². The van der Waals surface area contributed by atoms with Gasteiger partial charge in [-0.05, 0) is 71.5 Å². The first-order valence-electron chi connectivity index (χ1n) is 13.0.